The first kappa shape index (κ1) is 15.6. The fraction of sp³-hybridized carbons (Fsp3) is 0.571. The minimum atomic E-state index is -4.54. The molecule has 1 amide bonds. The van der Waals surface area contributed by atoms with E-state index < -0.39 is 11.9 Å². The SMILES string of the molecule is C[C@H]1C[C@H](COc2cccnc2C(F)(F)F)CN(C=O)C1. The maximum absolute atomic E-state index is 12.8. The van der Waals surface area contributed by atoms with Crippen LogP contribution in [0.1, 0.15) is 19.0 Å². The lowest BCUT2D eigenvalue weighted by molar-refractivity contribution is -0.142. The Bertz CT molecular complexity index is 493. The highest BCUT2D eigenvalue weighted by Crippen LogP contribution is 2.34. The largest absolute Gasteiger partial charge is 0.491 e. The van der Waals surface area contributed by atoms with E-state index in [0.29, 0.717) is 19.0 Å². The Hall–Kier alpha value is -1.79. The van der Waals surface area contributed by atoms with Crippen molar-refractivity contribution in [1.29, 1.82) is 0 Å². The number of carbonyl (C=O) groups is 1. The Morgan fingerprint density at radius 3 is 2.90 bits per heavy atom. The van der Waals surface area contributed by atoms with Crippen molar-refractivity contribution in [1.82, 2.24) is 9.88 Å². The second-order valence-corrected chi connectivity index (χ2v) is 5.43. The van der Waals surface area contributed by atoms with Gasteiger partial charge in [-0.25, -0.2) is 4.98 Å². The standard InChI is InChI=1S/C14H17F3N2O2/c1-10-5-11(7-19(6-10)9-20)8-21-12-3-2-4-18-13(12)14(15,16)17/h2-4,9-11H,5-8H2,1H3/t10-,11-/m0/s1. The summed E-state index contributed by atoms with van der Waals surface area (Å²) in [6.45, 7) is 3.34. The molecule has 1 aromatic heterocycles. The fourth-order valence-corrected chi connectivity index (χ4v) is 2.66. The molecule has 1 saturated heterocycles. The Morgan fingerprint density at radius 2 is 2.24 bits per heavy atom. The van der Waals surface area contributed by atoms with Crippen molar-refractivity contribution >= 4 is 6.41 Å². The molecule has 1 aliphatic heterocycles. The molecule has 2 heterocycles. The first-order valence-corrected chi connectivity index (χ1v) is 6.74. The van der Waals surface area contributed by atoms with Crippen molar-refractivity contribution in [3.8, 4) is 5.75 Å². The lowest BCUT2D eigenvalue weighted by atomic mass is 9.91. The third-order valence-corrected chi connectivity index (χ3v) is 3.44. The molecule has 1 aliphatic rings. The van der Waals surface area contributed by atoms with E-state index in [9.17, 15) is 18.0 Å². The highest BCUT2D eigenvalue weighted by Gasteiger charge is 2.36. The zero-order valence-electron chi connectivity index (χ0n) is 11.6. The number of aromatic nitrogens is 1. The molecular formula is C14H17F3N2O2. The van der Waals surface area contributed by atoms with Crippen LogP contribution in [-0.2, 0) is 11.0 Å². The number of rotatable bonds is 4. The van der Waals surface area contributed by atoms with Crippen molar-refractivity contribution in [3.05, 3.63) is 24.0 Å². The molecule has 4 nitrogen and oxygen atoms in total. The summed E-state index contributed by atoms with van der Waals surface area (Å²) in [4.78, 5) is 15.8. The Labute approximate surface area is 120 Å². The van der Waals surface area contributed by atoms with Gasteiger partial charge < -0.3 is 9.64 Å². The molecular weight excluding hydrogens is 285 g/mol. The smallest absolute Gasteiger partial charge is 0.437 e. The van der Waals surface area contributed by atoms with Gasteiger partial charge in [-0.1, -0.05) is 6.92 Å². The van der Waals surface area contributed by atoms with Gasteiger partial charge in [0.05, 0.1) is 6.61 Å². The molecule has 0 N–H and O–H groups in total. The number of hydrogen-bond donors (Lipinski definition) is 0. The van der Waals surface area contributed by atoms with Crippen molar-refractivity contribution < 1.29 is 22.7 Å². The lowest BCUT2D eigenvalue weighted by Crippen LogP contribution is -2.40. The van der Waals surface area contributed by atoms with Gasteiger partial charge in [-0.05, 0) is 24.5 Å². The number of likely N-dealkylation sites (tertiary alicyclic amines) is 1. The number of piperidine rings is 1. The van der Waals surface area contributed by atoms with Crippen LogP contribution in [0, 0.1) is 11.8 Å². The zero-order chi connectivity index (χ0) is 15.5. The average Bonchev–Trinajstić information content (AvgIpc) is 2.44. The molecule has 0 unspecified atom stereocenters. The number of ether oxygens (including phenoxy) is 1. The Morgan fingerprint density at radius 1 is 1.48 bits per heavy atom. The molecule has 1 fully saturated rings. The van der Waals surface area contributed by atoms with Crippen LogP contribution in [0.3, 0.4) is 0 Å². The Balaban J connectivity index is 2.02. The summed E-state index contributed by atoms with van der Waals surface area (Å²) in [5.74, 6) is 0.0784. The topological polar surface area (TPSA) is 42.4 Å². The van der Waals surface area contributed by atoms with Crippen molar-refractivity contribution in [2.75, 3.05) is 19.7 Å². The van der Waals surface area contributed by atoms with Crippen LogP contribution in [0.2, 0.25) is 0 Å². The van der Waals surface area contributed by atoms with Crippen LogP contribution in [0.4, 0.5) is 13.2 Å². The highest BCUT2D eigenvalue weighted by atomic mass is 19.4. The van der Waals surface area contributed by atoms with E-state index in [1.807, 2.05) is 6.92 Å². The van der Waals surface area contributed by atoms with Crippen LogP contribution < -0.4 is 4.74 Å². The van der Waals surface area contributed by atoms with Gasteiger partial charge in [-0.15, -0.1) is 0 Å². The molecule has 0 aliphatic carbocycles. The monoisotopic (exact) mass is 302 g/mol. The van der Waals surface area contributed by atoms with E-state index in [1.165, 1.54) is 12.1 Å². The third-order valence-electron chi connectivity index (χ3n) is 3.44. The lowest BCUT2D eigenvalue weighted by Gasteiger charge is -2.34. The summed E-state index contributed by atoms with van der Waals surface area (Å²) >= 11 is 0. The summed E-state index contributed by atoms with van der Waals surface area (Å²) in [7, 11) is 0. The van der Waals surface area contributed by atoms with Gasteiger partial charge >= 0.3 is 6.18 Å². The summed E-state index contributed by atoms with van der Waals surface area (Å²) in [5.41, 5.74) is -1.01. The number of halogens is 3. The van der Waals surface area contributed by atoms with Crippen molar-refractivity contribution in [2.45, 2.75) is 19.5 Å². The zero-order valence-corrected chi connectivity index (χ0v) is 11.6. The molecule has 0 saturated carbocycles. The van der Waals surface area contributed by atoms with E-state index >= 15 is 0 Å². The summed E-state index contributed by atoms with van der Waals surface area (Å²) in [5, 5.41) is 0. The molecule has 2 atom stereocenters. The third kappa shape index (κ3) is 4.09. The predicted molar refractivity (Wildman–Crippen MR) is 69.6 cm³/mol. The number of carbonyl (C=O) groups excluding carboxylic acids is 1. The van der Waals surface area contributed by atoms with Gasteiger partial charge in [0, 0.05) is 25.2 Å². The first-order valence-electron chi connectivity index (χ1n) is 6.74. The number of amides is 1. The normalized spacial score (nSPS) is 23.0. The quantitative estimate of drug-likeness (QED) is 0.803. The van der Waals surface area contributed by atoms with Crippen LogP contribution in [0.5, 0.6) is 5.75 Å². The van der Waals surface area contributed by atoms with E-state index in [-0.39, 0.29) is 18.3 Å². The maximum atomic E-state index is 12.8. The van der Waals surface area contributed by atoms with Gasteiger partial charge in [0.1, 0.15) is 5.75 Å². The number of pyridine rings is 1. The second kappa shape index (κ2) is 6.32. The van der Waals surface area contributed by atoms with Crippen LogP contribution in [0.25, 0.3) is 0 Å². The van der Waals surface area contributed by atoms with Crippen LogP contribution in [0.15, 0.2) is 18.3 Å². The van der Waals surface area contributed by atoms with Gasteiger partial charge in [0.25, 0.3) is 0 Å². The highest BCUT2D eigenvalue weighted by molar-refractivity contribution is 5.47. The molecule has 116 valence electrons. The molecule has 0 spiro atoms. The van der Waals surface area contributed by atoms with Gasteiger partial charge in [-0.3, -0.25) is 4.79 Å². The summed E-state index contributed by atoms with van der Waals surface area (Å²) < 4.78 is 43.7. The fourth-order valence-electron chi connectivity index (χ4n) is 2.66. The molecule has 7 heteroatoms. The van der Waals surface area contributed by atoms with Gasteiger partial charge in [0.2, 0.25) is 6.41 Å². The minimum Gasteiger partial charge on any atom is -0.491 e. The molecule has 0 radical (unpaired) electrons. The molecule has 21 heavy (non-hydrogen) atoms. The summed E-state index contributed by atoms with van der Waals surface area (Å²) in [6.07, 6.45) is -1.85. The van der Waals surface area contributed by atoms with Crippen LogP contribution >= 0.6 is 0 Å². The number of nitrogens with zero attached hydrogens (tertiary/aromatic N) is 2. The molecule has 0 bridgehead atoms. The molecule has 2 rings (SSSR count). The van der Waals surface area contributed by atoms with Crippen LogP contribution in [-0.4, -0.2) is 36.0 Å². The predicted octanol–water partition coefficient (Wildman–Crippen LogP) is 2.59. The van der Waals surface area contributed by atoms with Crippen molar-refractivity contribution in [3.63, 3.8) is 0 Å². The molecule has 0 aromatic carbocycles. The maximum Gasteiger partial charge on any atom is 0.437 e. The summed E-state index contributed by atoms with van der Waals surface area (Å²) in [6, 6.07) is 2.67. The molecule has 1 aromatic rings. The van der Waals surface area contributed by atoms with Gasteiger partial charge in [-0.2, -0.15) is 13.2 Å². The minimum absolute atomic E-state index is 0.0280. The van der Waals surface area contributed by atoms with E-state index in [1.54, 1.807) is 4.90 Å². The second-order valence-electron chi connectivity index (χ2n) is 5.43. The van der Waals surface area contributed by atoms with Gasteiger partial charge in [0.15, 0.2) is 5.69 Å². The average molecular weight is 302 g/mol. The van der Waals surface area contributed by atoms with E-state index in [4.69, 9.17) is 4.74 Å². The first-order chi connectivity index (χ1) is 9.90. The number of hydrogen-bond acceptors (Lipinski definition) is 3. The Kier molecular flexibility index (Phi) is 4.69. The van der Waals surface area contributed by atoms with Crippen molar-refractivity contribution in [2.24, 2.45) is 11.8 Å². The number of alkyl halides is 3. The van der Waals surface area contributed by atoms with E-state index in [0.717, 1.165) is 19.0 Å². The van der Waals surface area contributed by atoms with E-state index in [2.05, 4.69) is 4.98 Å².